The molecule has 0 spiro atoms. The van der Waals surface area contributed by atoms with Gasteiger partial charge >= 0.3 is 0 Å². The Kier molecular flexibility index (Phi) is 7.84. The number of carbonyl (C=O) groups excluding carboxylic acids is 1. The molecule has 0 atom stereocenters. The minimum atomic E-state index is -0.333. The molecule has 1 aromatic heterocycles. The minimum absolute atomic E-state index is 0.0195. The molecule has 2 aromatic carbocycles. The summed E-state index contributed by atoms with van der Waals surface area (Å²) in [5, 5.41) is 0.504. The van der Waals surface area contributed by atoms with Crippen LogP contribution in [0.1, 0.15) is 21.5 Å². The van der Waals surface area contributed by atoms with Crippen LogP contribution in [0.15, 0.2) is 36.5 Å². The van der Waals surface area contributed by atoms with E-state index < -0.39 is 0 Å². The largest absolute Gasteiger partial charge is 0.495 e. The topological polar surface area (TPSA) is 83.0 Å². The lowest BCUT2D eigenvalue weighted by Gasteiger charge is -2.21. The van der Waals surface area contributed by atoms with Gasteiger partial charge in [0.2, 0.25) is 11.0 Å². The second-order valence-corrected chi connectivity index (χ2v) is 7.69. The molecule has 8 nitrogen and oxygen atoms in total. The molecule has 1 heterocycles. The summed E-state index contributed by atoms with van der Waals surface area (Å²) in [6.45, 7) is 0.409. The summed E-state index contributed by atoms with van der Waals surface area (Å²) in [4.78, 5) is 23.6. The summed E-state index contributed by atoms with van der Waals surface area (Å²) in [5.74, 6) is 1.71. The molecule has 0 radical (unpaired) electrons. The van der Waals surface area contributed by atoms with Crippen LogP contribution in [0.5, 0.6) is 23.0 Å². The van der Waals surface area contributed by atoms with E-state index in [0.717, 1.165) is 5.56 Å². The van der Waals surface area contributed by atoms with Gasteiger partial charge in [-0.05, 0) is 41.4 Å². The van der Waals surface area contributed by atoms with Crippen molar-refractivity contribution < 1.29 is 23.7 Å². The Bertz CT molecular complexity index is 1150. The van der Waals surface area contributed by atoms with Gasteiger partial charge in [-0.15, -0.1) is 0 Å². The Morgan fingerprint density at radius 2 is 1.58 bits per heavy atom. The van der Waals surface area contributed by atoms with Crippen molar-refractivity contribution in [1.82, 2.24) is 9.97 Å². The number of ether oxygens (including phenoxy) is 4. The third-order valence-electron chi connectivity index (χ3n) is 4.91. The van der Waals surface area contributed by atoms with Gasteiger partial charge < -0.3 is 23.8 Å². The number of rotatable bonds is 9. The Morgan fingerprint density at radius 3 is 2.12 bits per heavy atom. The fraction of sp³-hybridized carbons (Fsp3) is 0.261. The van der Waals surface area contributed by atoms with Crippen LogP contribution in [-0.2, 0) is 6.54 Å². The average molecular weight is 492 g/mol. The zero-order chi connectivity index (χ0) is 24.1. The number of hydrogen-bond acceptors (Lipinski definition) is 8. The minimum Gasteiger partial charge on any atom is -0.495 e. The van der Waals surface area contributed by atoms with Crippen LogP contribution in [-0.4, -0.2) is 51.2 Å². The van der Waals surface area contributed by atoms with Gasteiger partial charge in [-0.2, -0.15) is 4.98 Å². The monoisotopic (exact) mass is 491 g/mol. The molecule has 174 valence electrons. The average Bonchev–Trinajstić information content (AvgIpc) is 2.82. The summed E-state index contributed by atoms with van der Waals surface area (Å²) in [6.07, 6.45) is 1.40. The second-order valence-electron chi connectivity index (χ2n) is 6.94. The predicted octanol–water partition coefficient (Wildman–Crippen LogP) is 4.69. The van der Waals surface area contributed by atoms with Gasteiger partial charge in [0.1, 0.15) is 11.6 Å². The highest BCUT2D eigenvalue weighted by atomic mass is 35.5. The van der Waals surface area contributed by atoms with Gasteiger partial charge in [0.05, 0.1) is 39.0 Å². The predicted molar refractivity (Wildman–Crippen MR) is 127 cm³/mol. The Morgan fingerprint density at radius 1 is 0.939 bits per heavy atom. The highest BCUT2D eigenvalue weighted by Gasteiger charge is 2.23. The molecule has 0 aliphatic rings. The number of methoxy groups -OCH3 is 4. The zero-order valence-corrected chi connectivity index (χ0v) is 20.3. The van der Waals surface area contributed by atoms with Crippen LogP contribution in [0.4, 0.5) is 5.82 Å². The third-order valence-corrected chi connectivity index (χ3v) is 5.39. The second kappa shape index (κ2) is 10.6. The molecule has 0 aliphatic heterocycles. The van der Waals surface area contributed by atoms with Crippen LogP contribution in [0.2, 0.25) is 10.3 Å². The molecule has 0 saturated carbocycles. The smallest absolute Gasteiger partial charge is 0.224 e. The first kappa shape index (κ1) is 24.4. The van der Waals surface area contributed by atoms with E-state index in [4.69, 9.17) is 42.1 Å². The van der Waals surface area contributed by atoms with Crippen LogP contribution >= 0.6 is 23.2 Å². The maximum absolute atomic E-state index is 13.5. The van der Waals surface area contributed by atoms with Gasteiger partial charge in [-0.3, -0.25) is 4.79 Å². The van der Waals surface area contributed by atoms with E-state index in [9.17, 15) is 4.79 Å². The first-order valence-corrected chi connectivity index (χ1v) is 10.5. The van der Waals surface area contributed by atoms with Gasteiger partial charge in [-0.25, -0.2) is 4.98 Å². The number of hydrogen-bond donors (Lipinski definition) is 0. The van der Waals surface area contributed by atoms with Crippen molar-refractivity contribution in [3.05, 3.63) is 63.5 Å². The first-order valence-electron chi connectivity index (χ1n) is 9.73. The maximum Gasteiger partial charge on any atom is 0.224 e. The fourth-order valence-corrected chi connectivity index (χ4v) is 3.74. The Labute approximate surface area is 202 Å². The van der Waals surface area contributed by atoms with Crippen molar-refractivity contribution in [3.63, 3.8) is 0 Å². The molecule has 3 aromatic rings. The summed E-state index contributed by atoms with van der Waals surface area (Å²) >= 11 is 12.3. The molecule has 0 unspecified atom stereocenters. The van der Waals surface area contributed by atoms with E-state index >= 15 is 0 Å². The highest BCUT2D eigenvalue weighted by Crippen LogP contribution is 2.39. The molecule has 0 amide bonds. The zero-order valence-electron chi connectivity index (χ0n) is 18.8. The van der Waals surface area contributed by atoms with Gasteiger partial charge in [0.25, 0.3) is 0 Å². The number of halogens is 2. The molecular weight excluding hydrogens is 469 g/mol. The van der Waals surface area contributed by atoms with Crippen molar-refractivity contribution in [2.75, 3.05) is 40.4 Å². The number of anilines is 1. The molecule has 33 heavy (non-hydrogen) atoms. The number of benzene rings is 2. The van der Waals surface area contributed by atoms with Crippen LogP contribution in [0, 0.1) is 0 Å². The molecule has 0 saturated heterocycles. The van der Waals surface area contributed by atoms with E-state index in [1.165, 1.54) is 27.5 Å². The summed E-state index contributed by atoms with van der Waals surface area (Å²) in [7, 11) is 7.80. The summed E-state index contributed by atoms with van der Waals surface area (Å²) < 4.78 is 21.3. The van der Waals surface area contributed by atoms with Crippen LogP contribution in [0.25, 0.3) is 0 Å². The Hall–Kier alpha value is -3.23. The van der Waals surface area contributed by atoms with E-state index in [1.54, 1.807) is 43.3 Å². The lowest BCUT2D eigenvalue weighted by Crippen LogP contribution is -2.21. The lowest BCUT2D eigenvalue weighted by molar-refractivity contribution is 0.103. The number of nitrogens with zero attached hydrogens (tertiary/aromatic N) is 3. The molecule has 0 fully saturated rings. The summed E-state index contributed by atoms with van der Waals surface area (Å²) in [6, 6.07) is 8.60. The third kappa shape index (κ3) is 5.23. The van der Waals surface area contributed by atoms with Crippen molar-refractivity contribution >= 4 is 34.8 Å². The highest BCUT2D eigenvalue weighted by molar-refractivity contribution is 6.32. The standard InChI is InChI=1S/C23H23Cl2N3O5/c1-28(12-13-6-7-17(30-2)16(24)8-13)22-15(11-26-23(25)27-22)20(29)14-9-18(31-3)21(33-5)19(10-14)32-4/h6-11H,12H2,1-5H3. The molecule has 3 rings (SSSR count). The van der Waals surface area contributed by atoms with Crippen molar-refractivity contribution in [3.8, 4) is 23.0 Å². The number of aromatic nitrogens is 2. The van der Waals surface area contributed by atoms with Gasteiger partial charge in [0, 0.05) is 25.4 Å². The van der Waals surface area contributed by atoms with E-state index in [-0.39, 0.29) is 16.6 Å². The number of ketones is 1. The van der Waals surface area contributed by atoms with E-state index in [2.05, 4.69) is 9.97 Å². The fourth-order valence-electron chi connectivity index (χ4n) is 3.33. The van der Waals surface area contributed by atoms with Gasteiger partial charge in [-0.1, -0.05) is 17.7 Å². The van der Waals surface area contributed by atoms with Crippen molar-refractivity contribution in [2.45, 2.75) is 6.54 Å². The molecule has 0 bridgehead atoms. The van der Waals surface area contributed by atoms with Gasteiger partial charge in [0.15, 0.2) is 17.3 Å². The van der Waals surface area contributed by atoms with Crippen molar-refractivity contribution in [2.24, 2.45) is 0 Å². The van der Waals surface area contributed by atoms with Crippen LogP contribution in [0.3, 0.4) is 0 Å². The Balaban J connectivity index is 2.00. The molecule has 0 aliphatic carbocycles. The van der Waals surface area contributed by atoms with Crippen LogP contribution < -0.4 is 23.8 Å². The summed E-state index contributed by atoms with van der Waals surface area (Å²) in [5.41, 5.74) is 1.47. The maximum atomic E-state index is 13.5. The van der Waals surface area contributed by atoms with E-state index in [1.807, 2.05) is 6.07 Å². The molecular formula is C23H23Cl2N3O5. The van der Waals surface area contributed by atoms with Crippen molar-refractivity contribution in [1.29, 1.82) is 0 Å². The lowest BCUT2D eigenvalue weighted by atomic mass is 10.0. The SMILES string of the molecule is COc1ccc(CN(C)c2nc(Cl)ncc2C(=O)c2cc(OC)c(OC)c(OC)c2)cc1Cl. The molecule has 10 heteroatoms. The first-order chi connectivity index (χ1) is 15.8. The normalized spacial score (nSPS) is 10.5. The quantitative estimate of drug-likeness (QED) is 0.315. The molecule has 0 N–H and O–H groups in total. The number of carbonyl (C=O) groups is 1. The van der Waals surface area contributed by atoms with E-state index in [0.29, 0.717) is 45.9 Å².